The van der Waals surface area contributed by atoms with Crippen LogP contribution >= 0.6 is 0 Å². The molecule has 2 N–H and O–H groups in total. The minimum atomic E-state index is -0.316. The van der Waals surface area contributed by atoms with Crippen molar-refractivity contribution >= 4 is 5.91 Å². The summed E-state index contributed by atoms with van der Waals surface area (Å²) in [6.45, 7) is 0.626. The molecule has 0 fully saturated rings. The number of rotatable bonds is 5. The van der Waals surface area contributed by atoms with Crippen LogP contribution in [0, 0.1) is 0 Å². The molecule has 4 rings (SSSR count). The molecule has 0 spiro atoms. The highest BCUT2D eigenvalue weighted by molar-refractivity contribution is 5.93. The molecule has 0 saturated heterocycles. The van der Waals surface area contributed by atoms with Crippen molar-refractivity contribution in [3.05, 3.63) is 57.8 Å². The number of H-pyrrole nitrogens is 1. The van der Waals surface area contributed by atoms with Crippen molar-refractivity contribution in [3.63, 3.8) is 0 Å². The number of aryl methyl sites for hydroxylation is 2. The molecule has 8 nitrogen and oxygen atoms in total. The van der Waals surface area contributed by atoms with Crippen LogP contribution in [0.15, 0.2) is 39.7 Å². The zero-order valence-corrected chi connectivity index (χ0v) is 13.5. The summed E-state index contributed by atoms with van der Waals surface area (Å²) < 4.78 is 6.66. The van der Waals surface area contributed by atoms with Gasteiger partial charge in [-0.3, -0.25) is 14.7 Å². The second kappa shape index (κ2) is 6.39. The van der Waals surface area contributed by atoms with E-state index in [9.17, 15) is 9.59 Å². The average molecular weight is 339 g/mol. The van der Waals surface area contributed by atoms with Gasteiger partial charge in [0.2, 0.25) is 0 Å². The van der Waals surface area contributed by atoms with E-state index >= 15 is 0 Å². The van der Waals surface area contributed by atoms with E-state index < -0.39 is 0 Å². The van der Waals surface area contributed by atoms with Gasteiger partial charge in [-0.25, -0.2) is 4.68 Å². The van der Waals surface area contributed by atoms with Gasteiger partial charge in [0.15, 0.2) is 11.5 Å². The fourth-order valence-electron chi connectivity index (χ4n) is 2.96. The number of aromatic nitrogens is 4. The van der Waals surface area contributed by atoms with Crippen molar-refractivity contribution in [2.75, 3.05) is 6.54 Å². The van der Waals surface area contributed by atoms with Gasteiger partial charge in [-0.05, 0) is 37.0 Å². The first-order valence-corrected chi connectivity index (χ1v) is 8.18. The Morgan fingerprint density at radius 3 is 3.12 bits per heavy atom. The van der Waals surface area contributed by atoms with Crippen LogP contribution in [0.4, 0.5) is 0 Å². The predicted octanol–water partition coefficient (Wildman–Crippen LogP) is 1.15. The highest BCUT2D eigenvalue weighted by Gasteiger charge is 2.15. The maximum atomic E-state index is 12.2. The molecule has 0 radical (unpaired) electrons. The lowest BCUT2D eigenvalue weighted by molar-refractivity contribution is 0.0946. The van der Waals surface area contributed by atoms with Crippen molar-refractivity contribution in [1.29, 1.82) is 0 Å². The maximum Gasteiger partial charge on any atom is 0.271 e. The topological polar surface area (TPSA) is 106 Å². The Morgan fingerprint density at radius 1 is 1.36 bits per heavy atom. The van der Waals surface area contributed by atoms with Crippen LogP contribution < -0.4 is 10.9 Å². The summed E-state index contributed by atoms with van der Waals surface area (Å²) in [5.74, 6) is 0.295. The summed E-state index contributed by atoms with van der Waals surface area (Å²) in [7, 11) is 0. The number of nitrogens with zero attached hydrogens (tertiary/aromatic N) is 3. The van der Waals surface area contributed by atoms with Gasteiger partial charge in [0.1, 0.15) is 5.69 Å². The third-order valence-electron chi connectivity index (χ3n) is 4.23. The number of amides is 1. The number of nitrogens with one attached hydrogen (secondary N) is 2. The summed E-state index contributed by atoms with van der Waals surface area (Å²) in [6, 6.07) is 6.81. The van der Waals surface area contributed by atoms with E-state index in [0.717, 1.165) is 30.5 Å². The van der Waals surface area contributed by atoms with Gasteiger partial charge in [0.05, 0.1) is 18.5 Å². The summed E-state index contributed by atoms with van der Waals surface area (Å²) in [6.07, 6.45) is 4.42. The second-order valence-electron chi connectivity index (χ2n) is 5.93. The van der Waals surface area contributed by atoms with Crippen LogP contribution in [-0.4, -0.2) is 32.4 Å². The average Bonchev–Trinajstić information content (AvgIpc) is 3.35. The molecule has 128 valence electrons. The number of furan rings is 1. The van der Waals surface area contributed by atoms with Crippen LogP contribution in [0.1, 0.15) is 28.2 Å². The molecule has 1 aliphatic carbocycles. The van der Waals surface area contributed by atoms with Crippen molar-refractivity contribution in [2.24, 2.45) is 0 Å². The number of aromatic amines is 1. The lowest BCUT2D eigenvalue weighted by atomic mass is 10.2. The quantitative estimate of drug-likeness (QED) is 0.725. The summed E-state index contributed by atoms with van der Waals surface area (Å²) in [5.41, 5.74) is 2.80. The lowest BCUT2D eigenvalue weighted by Crippen LogP contribution is -2.32. The Labute approximate surface area is 142 Å². The van der Waals surface area contributed by atoms with Crippen molar-refractivity contribution in [1.82, 2.24) is 25.3 Å². The molecule has 0 unspecified atom stereocenters. The number of carbonyl (C=O) groups excluding carboxylic acids is 1. The smallest absolute Gasteiger partial charge is 0.271 e. The lowest BCUT2D eigenvalue weighted by Gasteiger charge is -2.07. The van der Waals surface area contributed by atoms with Crippen molar-refractivity contribution in [2.45, 2.75) is 25.8 Å². The third-order valence-corrected chi connectivity index (χ3v) is 4.23. The molecule has 0 atom stereocenters. The monoisotopic (exact) mass is 339 g/mol. The van der Waals surface area contributed by atoms with E-state index in [2.05, 4.69) is 20.6 Å². The van der Waals surface area contributed by atoms with Crippen LogP contribution in [0.3, 0.4) is 0 Å². The fourth-order valence-corrected chi connectivity index (χ4v) is 2.96. The first-order chi connectivity index (χ1) is 12.2. The van der Waals surface area contributed by atoms with E-state index in [1.165, 1.54) is 4.68 Å². The SMILES string of the molecule is O=C(NCCn1nc2c(cc1=O)CCC2)c1cc(-c2ccco2)[nH]n1. The van der Waals surface area contributed by atoms with Gasteiger partial charge in [0, 0.05) is 18.7 Å². The molecule has 8 heteroatoms. The molecule has 0 aliphatic heterocycles. The maximum absolute atomic E-state index is 12.2. The van der Waals surface area contributed by atoms with Gasteiger partial charge >= 0.3 is 0 Å². The molecular formula is C17H17N5O3. The Kier molecular flexibility index (Phi) is 3.93. The molecule has 0 bridgehead atoms. The fraction of sp³-hybridized carbons (Fsp3) is 0.294. The molecule has 3 heterocycles. The van der Waals surface area contributed by atoms with Crippen LogP contribution in [0.5, 0.6) is 0 Å². The number of hydrogen-bond donors (Lipinski definition) is 2. The summed E-state index contributed by atoms with van der Waals surface area (Å²) in [4.78, 5) is 24.2. The third kappa shape index (κ3) is 3.10. The van der Waals surface area contributed by atoms with Crippen LogP contribution in [-0.2, 0) is 19.4 Å². The van der Waals surface area contributed by atoms with Crippen LogP contribution in [0.2, 0.25) is 0 Å². The molecule has 1 amide bonds. The normalized spacial score (nSPS) is 13.0. The van der Waals surface area contributed by atoms with Crippen LogP contribution in [0.25, 0.3) is 11.5 Å². The Balaban J connectivity index is 1.37. The Bertz CT molecular complexity index is 955. The van der Waals surface area contributed by atoms with E-state index in [-0.39, 0.29) is 17.2 Å². The summed E-state index contributed by atoms with van der Waals surface area (Å²) >= 11 is 0. The minimum absolute atomic E-state index is 0.130. The van der Waals surface area contributed by atoms with E-state index in [1.807, 2.05) is 0 Å². The predicted molar refractivity (Wildman–Crippen MR) is 89.1 cm³/mol. The number of hydrogen-bond acceptors (Lipinski definition) is 5. The van der Waals surface area contributed by atoms with E-state index in [1.54, 1.807) is 30.5 Å². The standard InChI is InChI=1S/C17H17N5O3/c23-16-9-11-3-1-4-12(11)21-22(16)7-6-18-17(24)14-10-13(19-20-14)15-5-2-8-25-15/h2,5,8-10H,1,3-4,6-7H2,(H,18,24)(H,19,20). The Morgan fingerprint density at radius 2 is 2.28 bits per heavy atom. The highest BCUT2D eigenvalue weighted by Crippen LogP contribution is 2.18. The molecule has 1 aliphatic rings. The van der Waals surface area contributed by atoms with Gasteiger partial charge in [0.25, 0.3) is 11.5 Å². The molecule has 0 aromatic carbocycles. The second-order valence-corrected chi connectivity index (χ2v) is 5.93. The van der Waals surface area contributed by atoms with E-state index in [0.29, 0.717) is 24.5 Å². The minimum Gasteiger partial charge on any atom is -0.463 e. The molecular weight excluding hydrogens is 322 g/mol. The first kappa shape index (κ1) is 15.4. The van der Waals surface area contributed by atoms with E-state index in [4.69, 9.17) is 4.42 Å². The van der Waals surface area contributed by atoms with Crippen molar-refractivity contribution in [3.8, 4) is 11.5 Å². The zero-order chi connectivity index (χ0) is 17.2. The van der Waals surface area contributed by atoms with Gasteiger partial charge in [-0.2, -0.15) is 10.2 Å². The highest BCUT2D eigenvalue weighted by atomic mass is 16.3. The molecule has 3 aromatic heterocycles. The van der Waals surface area contributed by atoms with Crippen molar-refractivity contribution < 1.29 is 9.21 Å². The summed E-state index contributed by atoms with van der Waals surface area (Å²) in [5, 5.41) is 13.9. The number of fused-ring (bicyclic) bond motifs is 1. The van der Waals surface area contributed by atoms with Gasteiger partial charge in [-0.1, -0.05) is 0 Å². The molecule has 3 aromatic rings. The zero-order valence-electron chi connectivity index (χ0n) is 13.5. The first-order valence-electron chi connectivity index (χ1n) is 8.18. The van der Waals surface area contributed by atoms with Gasteiger partial charge < -0.3 is 9.73 Å². The Hall–Kier alpha value is -3.16. The molecule has 0 saturated carbocycles. The van der Waals surface area contributed by atoms with Gasteiger partial charge in [-0.15, -0.1) is 0 Å². The largest absolute Gasteiger partial charge is 0.463 e. The molecule has 25 heavy (non-hydrogen) atoms. The number of carbonyl (C=O) groups is 1.